The third-order valence-electron chi connectivity index (χ3n) is 2.18. The lowest BCUT2D eigenvalue weighted by Gasteiger charge is -2.01. The highest BCUT2D eigenvalue weighted by Gasteiger charge is 2.08. The normalized spacial score (nSPS) is 15.9. The first-order valence-corrected chi connectivity index (χ1v) is 7.14. The summed E-state index contributed by atoms with van der Waals surface area (Å²) < 4.78 is 11.9. The van der Waals surface area contributed by atoms with E-state index in [1.807, 2.05) is 35.8 Å². The molecule has 0 bridgehead atoms. The number of hydrogen-bond donors (Lipinski definition) is 0. The molecule has 0 spiro atoms. The van der Waals surface area contributed by atoms with E-state index in [1.54, 1.807) is 17.8 Å². The summed E-state index contributed by atoms with van der Waals surface area (Å²) in [4.78, 5) is 2.06. The second-order valence-electron chi connectivity index (χ2n) is 3.31. The fourth-order valence-electron chi connectivity index (χ4n) is 1.43. The Morgan fingerprint density at radius 1 is 1.38 bits per heavy atom. The van der Waals surface area contributed by atoms with Gasteiger partial charge in [0.2, 0.25) is 0 Å². The van der Waals surface area contributed by atoms with Crippen molar-refractivity contribution in [1.82, 2.24) is 0 Å². The molecule has 1 nitrogen and oxygen atoms in total. The van der Waals surface area contributed by atoms with Gasteiger partial charge in [0.1, 0.15) is 0 Å². The first kappa shape index (κ1) is 11.4. The summed E-state index contributed by atoms with van der Waals surface area (Å²) in [6.07, 6.45) is 5.60. The van der Waals surface area contributed by atoms with E-state index in [2.05, 4.69) is 12.6 Å². The zero-order valence-corrected chi connectivity index (χ0v) is 10.4. The minimum Gasteiger partial charge on any atom is -0.254 e. The van der Waals surface area contributed by atoms with Gasteiger partial charge in [0.25, 0.3) is 0 Å². The van der Waals surface area contributed by atoms with Crippen LogP contribution in [0.15, 0.2) is 58.2 Å². The minimum absolute atomic E-state index is 0.503. The van der Waals surface area contributed by atoms with Gasteiger partial charge in [0.15, 0.2) is 0 Å². The zero-order chi connectivity index (χ0) is 11.4. The first-order chi connectivity index (χ1) is 7.81. The monoisotopic (exact) mass is 248 g/mol. The van der Waals surface area contributed by atoms with Crippen LogP contribution in [-0.4, -0.2) is 9.96 Å². The van der Waals surface area contributed by atoms with Crippen molar-refractivity contribution >= 4 is 28.6 Å². The highest BCUT2D eigenvalue weighted by atomic mass is 32.2. The quantitative estimate of drug-likeness (QED) is 0.761. The Kier molecular flexibility index (Phi) is 3.80. The van der Waals surface area contributed by atoms with Gasteiger partial charge in [-0.05, 0) is 29.2 Å². The van der Waals surface area contributed by atoms with Gasteiger partial charge in [-0.1, -0.05) is 36.0 Å². The van der Waals surface area contributed by atoms with Crippen molar-refractivity contribution in [1.29, 1.82) is 0 Å². The van der Waals surface area contributed by atoms with Crippen LogP contribution >= 0.6 is 11.8 Å². The lowest BCUT2D eigenvalue weighted by molar-refractivity contribution is 0.689. The molecule has 0 aliphatic carbocycles. The van der Waals surface area contributed by atoms with Crippen molar-refractivity contribution < 1.29 is 4.21 Å². The lowest BCUT2D eigenvalue weighted by Crippen LogP contribution is -1.95. The second-order valence-corrected chi connectivity index (χ2v) is 5.75. The Balaban J connectivity index is 2.38. The highest BCUT2D eigenvalue weighted by molar-refractivity contribution is 8.02. The Bertz CT molecular complexity index is 486. The highest BCUT2D eigenvalue weighted by Crippen LogP contribution is 2.29. The van der Waals surface area contributed by atoms with Crippen LogP contribution in [0.2, 0.25) is 0 Å². The Hall–Kier alpha value is -1.06. The molecule has 1 aliphatic rings. The van der Waals surface area contributed by atoms with Crippen LogP contribution in [0.25, 0.3) is 6.08 Å². The average molecular weight is 248 g/mol. The molecule has 0 radical (unpaired) electrons. The van der Waals surface area contributed by atoms with E-state index in [-0.39, 0.29) is 0 Å². The van der Waals surface area contributed by atoms with Crippen LogP contribution in [-0.2, 0) is 10.8 Å². The number of rotatable bonds is 3. The van der Waals surface area contributed by atoms with Crippen molar-refractivity contribution in [2.75, 3.05) is 5.75 Å². The van der Waals surface area contributed by atoms with Crippen LogP contribution in [0.1, 0.15) is 5.56 Å². The predicted molar refractivity (Wildman–Crippen MR) is 72.6 cm³/mol. The molecule has 1 aromatic rings. The smallest absolute Gasteiger partial charge is 0.0568 e. The van der Waals surface area contributed by atoms with Crippen molar-refractivity contribution in [3.8, 4) is 0 Å². The largest absolute Gasteiger partial charge is 0.254 e. The van der Waals surface area contributed by atoms with Crippen molar-refractivity contribution in [3.63, 3.8) is 0 Å². The van der Waals surface area contributed by atoms with Gasteiger partial charge in [-0.2, -0.15) is 0 Å². The maximum Gasteiger partial charge on any atom is 0.0568 e. The maximum atomic E-state index is 11.9. The molecular formula is C13H12OS2. The topological polar surface area (TPSA) is 17.1 Å². The summed E-state index contributed by atoms with van der Waals surface area (Å²) in [5, 5.41) is 1.98. The van der Waals surface area contributed by atoms with Crippen LogP contribution in [0, 0.1) is 0 Å². The average Bonchev–Trinajstić information content (AvgIpc) is 2.51. The molecule has 1 atom stereocenters. The van der Waals surface area contributed by atoms with E-state index in [0.29, 0.717) is 5.75 Å². The SMILES string of the molecule is C=CCS(=O)C1=Cc2ccccc2SC=C1. The summed E-state index contributed by atoms with van der Waals surface area (Å²) in [6.45, 7) is 3.61. The molecule has 2 rings (SSSR count). The molecule has 0 saturated carbocycles. The number of hydrogen-bond acceptors (Lipinski definition) is 2. The summed E-state index contributed by atoms with van der Waals surface area (Å²) in [6, 6.07) is 8.12. The van der Waals surface area contributed by atoms with Gasteiger partial charge < -0.3 is 0 Å². The van der Waals surface area contributed by atoms with Gasteiger partial charge in [-0.3, -0.25) is 4.21 Å². The Morgan fingerprint density at radius 3 is 3.00 bits per heavy atom. The molecule has 1 aromatic carbocycles. The molecule has 82 valence electrons. The maximum absolute atomic E-state index is 11.9. The number of benzene rings is 1. The van der Waals surface area contributed by atoms with Crippen LogP contribution in [0.5, 0.6) is 0 Å². The van der Waals surface area contributed by atoms with Gasteiger partial charge in [-0.25, -0.2) is 0 Å². The standard InChI is InChI=1S/C13H12OS2/c1-2-9-16(14)12-7-8-15-13-6-4-3-5-11(13)10-12/h2-8,10H,1,9H2. The molecule has 1 unspecified atom stereocenters. The molecular weight excluding hydrogens is 236 g/mol. The molecule has 0 saturated heterocycles. The predicted octanol–water partition coefficient (Wildman–Crippen LogP) is 3.58. The van der Waals surface area contributed by atoms with Crippen molar-refractivity contribution in [2.24, 2.45) is 0 Å². The second kappa shape index (κ2) is 5.32. The van der Waals surface area contributed by atoms with E-state index >= 15 is 0 Å². The molecule has 1 heterocycles. The number of thioether (sulfide) groups is 1. The van der Waals surface area contributed by atoms with Gasteiger partial charge in [0, 0.05) is 15.6 Å². The van der Waals surface area contributed by atoms with Crippen molar-refractivity contribution in [3.05, 3.63) is 58.9 Å². The Morgan fingerprint density at radius 2 is 2.19 bits per heavy atom. The van der Waals surface area contributed by atoms with E-state index in [9.17, 15) is 4.21 Å². The van der Waals surface area contributed by atoms with E-state index in [0.717, 1.165) is 10.5 Å². The fraction of sp³-hybridized carbons (Fsp3) is 0.0769. The van der Waals surface area contributed by atoms with Crippen LogP contribution in [0.4, 0.5) is 0 Å². The van der Waals surface area contributed by atoms with Crippen molar-refractivity contribution in [2.45, 2.75) is 4.90 Å². The fourth-order valence-corrected chi connectivity index (χ4v) is 3.18. The number of allylic oxidation sites excluding steroid dienone is 1. The molecule has 0 N–H and O–H groups in total. The van der Waals surface area contributed by atoms with Crippen LogP contribution < -0.4 is 0 Å². The zero-order valence-electron chi connectivity index (χ0n) is 8.76. The molecule has 3 heteroatoms. The summed E-state index contributed by atoms with van der Waals surface area (Å²) in [5.74, 6) is 0.503. The minimum atomic E-state index is -0.982. The van der Waals surface area contributed by atoms with E-state index in [1.165, 1.54) is 4.90 Å². The first-order valence-electron chi connectivity index (χ1n) is 4.94. The van der Waals surface area contributed by atoms with Crippen LogP contribution in [0.3, 0.4) is 0 Å². The van der Waals surface area contributed by atoms with Gasteiger partial charge in [-0.15, -0.1) is 6.58 Å². The van der Waals surface area contributed by atoms with E-state index in [4.69, 9.17) is 0 Å². The van der Waals surface area contributed by atoms with Gasteiger partial charge >= 0.3 is 0 Å². The van der Waals surface area contributed by atoms with E-state index < -0.39 is 10.8 Å². The summed E-state index contributed by atoms with van der Waals surface area (Å²) in [5.41, 5.74) is 1.13. The summed E-state index contributed by atoms with van der Waals surface area (Å²) in [7, 11) is -0.982. The molecule has 1 aliphatic heterocycles. The lowest BCUT2D eigenvalue weighted by atomic mass is 10.2. The Labute approximate surface area is 102 Å². The molecule has 16 heavy (non-hydrogen) atoms. The summed E-state index contributed by atoms with van der Waals surface area (Å²) >= 11 is 1.66. The van der Waals surface area contributed by atoms with Gasteiger partial charge in [0.05, 0.1) is 10.8 Å². The third kappa shape index (κ3) is 2.54. The third-order valence-corrected chi connectivity index (χ3v) is 4.39. The molecule has 0 amide bonds. The number of fused-ring (bicyclic) bond motifs is 1. The molecule has 0 aromatic heterocycles. The molecule has 0 fully saturated rings.